The van der Waals surface area contributed by atoms with Crippen molar-refractivity contribution in [3.05, 3.63) is 54.1 Å². The maximum absolute atomic E-state index is 5.65. The molecule has 0 heterocycles. The third-order valence-electron chi connectivity index (χ3n) is 2.90. The zero-order valence-electron chi connectivity index (χ0n) is 11.5. The highest BCUT2D eigenvalue weighted by Crippen LogP contribution is 2.22. The number of nitrogens with two attached hydrogens (primary N) is 2. The fraction of sp³-hybridized carbons (Fsp3) is 0.250. The van der Waals surface area contributed by atoms with Crippen LogP contribution in [0.15, 0.2) is 48.5 Å². The minimum absolute atomic E-state index is 0.539. The number of anilines is 2. The molecule has 0 saturated carbocycles. The average molecular weight is 271 g/mol. The summed E-state index contributed by atoms with van der Waals surface area (Å²) in [6, 6.07) is 16.0. The number of rotatable bonds is 7. The number of hydrogen-bond donors (Lipinski definition) is 3. The average Bonchev–Trinajstić information content (AvgIpc) is 2.48. The molecule has 0 spiro atoms. The number of benzene rings is 2. The van der Waals surface area contributed by atoms with Gasteiger partial charge in [-0.3, -0.25) is 0 Å². The Bertz CT molecular complexity index is 543. The molecule has 4 nitrogen and oxygen atoms in total. The van der Waals surface area contributed by atoms with E-state index in [1.165, 1.54) is 0 Å². The second-order valence-corrected chi connectivity index (χ2v) is 4.55. The van der Waals surface area contributed by atoms with Crippen molar-refractivity contribution < 1.29 is 4.74 Å². The number of hydrogen-bond acceptors (Lipinski definition) is 4. The van der Waals surface area contributed by atoms with Gasteiger partial charge in [-0.05, 0) is 42.8 Å². The third kappa shape index (κ3) is 4.26. The van der Waals surface area contributed by atoms with Crippen LogP contribution in [0.3, 0.4) is 0 Å². The van der Waals surface area contributed by atoms with E-state index in [1.54, 1.807) is 0 Å². The molecule has 20 heavy (non-hydrogen) atoms. The molecule has 2 rings (SSSR count). The molecule has 106 valence electrons. The van der Waals surface area contributed by atoms with Crippen LogP contribution in [-0.4, -0.2) is 13.2 Å². The van der Waals surface area contributed by atoms with Crippen molar-refractivity contribution in [2.45, 2.75) is 13.0 Å². The first kappa shape index (κ1) is 14.4. The van der Waals surface area contributed by atoms with Crippen LogP contribution in [0.5, 0.6) is 5.75 Å². The van der Waals surface area contributed by atoms with Gasteiger partial charge < -0.3 is 21.5 Å². The van der Waals surface area contributed by atoms with Crippen LogP contribution in [0.1, 0.15) is 12.0 Å². The Morgan fingerprint density at radius 3 is 2.45 bits per heavy atom. The van der Waals surface area contributed by atoms with Crippen molar-refractivity contribution in [3.8, 4) is 5.75 Å². The first-order valence-corrected chi connectivity index (χ1v) is 6.81. The van der Waals surface area contributed by atoms with Crippen LogP contribution < -0.4 is 21.5 Å². The van der Waals surface area contributed by atoms with E-state index in [2.05, 4.69) is 5.32 Å². The maximum Gasteiger partial charge on any atom is 0.121 e. The monoisotopic (exact) mass is 271 g/mol. The van der Waals surface area contributed by atoms with E-state index in [1.807, 2.05) is 48.5 Å². The molecule has 0 bridgehead atoms. The van der Waals surface area contributed by atoms with E-state index in [0.29, 0.717) is 19.7 Å². The first-order chi connectivity index (χ1) is 9.81. The molecular formula is C16H21N3O. The SMILES string of the molecule is NCCCOc1cccc(Nc2cccc(CN)c2)c1. The summed E-state index contributed by atoms with van der Waals surface area (Å²) in [7, 11) is 0. The third-order valence-corrected chi connectivity index (χ3v) is 2.90. The topological polar surface area (TPSA) is 73.3 Å². The molecule has 5 N–H and O–H groups in total. The summed E-state index contributed by atoms with van der Waals surface area (Å²) < 4.78 is 5.63. The van der Waals surface area contributed by atoms with E-state index < -0.39 is 0 Å². The van der Waals surface area contributed by atoms with E-state index in [9.17, 15) is 0 Å². The lowest BCUT2D eigenvalue weighted by Crippen LogP contribution is -2.06. The molecule has 0 aromatic heterocycles. The highest BCUT2D eigenvalue weighted by Gasteiger charge is 1.99. The molecule has 2 aromatic carbocycles. The van der Waals surface area contributed by atoms with Gasteiger partial charge in [0.15, 0.2) is 0 Å². The molecule has 0 aliphatic carbocycles. The molecule has 0 radical (unpaired) electrons. The molecule has 4 heteroatoms. The largest absolute Gasteiger partial charge is 0.493 e. The summed E-state index contributed by atoms with van der Waals surface area (Å²) in [5.41, 5.74) is 14.2. The molecule has 0 aliphatic heterocycles. The summed E-state index contributed by atoms with van der Waals surface area (Å²) >= 11 is 0. The summed E-state index contributed by atoms with van der Waals surface area (Å²) in [4.78, 5) is 0. The van der Waals surface area contributed by atoms with Gasteiger partial charge in [0, 0.05) is 24.0 Å². The lowest BCUT2D eigenvalue weighted by molar-refractivity contribution is 0.313. The van der Waals surface area contributed by atoms with Gasteiger partial charge in [0.2, 0.25) is 0 Å². The fourth-order valence-corrected chi connectivity index (χ4v) is 1.88. The van der Waals surface area contributed by atoms with Gasteiger partial charge in [-0.15, -0.1) is 0 Å². The Labute approximate surface area is 119 Å². The van der Waals surface area contributed by atoms with Gasteiger partial charge in [0.05, 0.1) is 6.61 Å². The Balaban J connectivity index is 2.03. The van der Waals surface area contributed by atoms with Crippen LogP contribution in [0, 0.1) is 0 Å². The first-order valence-electron chi connectivity index (χ1n) is 6.81. The standard InChI is InChI=1S/C16H21N3O/c17-8-3-9-20-16-7-2-6-15(11-16)19-14-5-1-4-13(10-14)12-18/h1-2,4-7,10-11,19H,3,8-9,12,17-18H2. The zero-order chi connectivity index (χ0) is 14.2. The van der Waals surface area contributed by atoms with Gasteiger partial charge in [0.1, 0.15) is 5.75 Å². The van der Waals surface area contributed by atoms with Crippen LogP contribution in [-0.2, 0) is 6.54 Å². The normalized spacial score (nSPS) is 10.3. The molecule has 0 amide bonds. The zero-order valence-corrected chi connectivity index (χ0v) is 11.5. The van der Waals surface area contributed by atoms with Gasteiger partial charge in [0.25, 0.3) is 0 Å². The number of nitrogens with one attached hydrogen (secondary N) is 1. The van der Waals surface area contributed by atoms with Crippen LogP contribution in [0.2, 0.25) is 0 Å². The summed E-state index contributed by atoms with van der Waals surface area (Å²) in [5.74, 6) is 0.846. The molecule has 0 saturated heterocycles. The predicted molar refractivity (Wildman–Crippen MR) is 83.2 cm³/mol. The van der Waals surface area contributed by atoms with Crippen molar-refractivity contribution in [1.82, 2.24) is 0 Å². The molecule has 0 fully saturated rings. The quantitative estimate of drug-likeness (QED) is 0.677. The van der Waals surface area contributed by atoms with Gasteiger partial charge in [-0.25, -0.2) is 0 Å². The van der Waals surface area contributed by atoms with Crippen LogP contribution in [0.25, 0.3) is 0 Å². The molecule has 0 unspecified atom stereocenters. The Morgan fingerprint density at radius 1 is 0.950 bits per heavy atom. The highest BCUT2D eigenvalue weighted by atomic mass is 16.5. The van der Waals surface area contributed by atoms with Crippen molar-refractivity contribution in [2.24, 2.45) is 11.5 Å². The predicted octanol–water partition coefficient (Wildman–Crippen LogP) is 2.62. The van der Waals surface area contributed by atoms with Crippen LogP contribution in [0.4, 0.5) is 11.4 Å². The second-order valence-electron chi connectivity index (χ2n) is 4.55. The molecule has 0 aliphatic rings. The summed E-state index contributed by atoms with van der Waals surface area (Å²) in [6.07, 6.45) is 0.857. The summed E-state index contributed by atoms with van der Waals surface area (Å²) in [5, 5.41) is 3.35. The molecular weight excluding hydrogens is 250 g/mol. The summed E-state index contributed by atoms with van der Waals surface area (Å²) in [6.45, 7) is 1.82. The van der Waals surface area contributed by atoms with Crippen molar-refractivity contribution in [3.63, 3.8) is 0 Å². The minimum Gasteiger partial charge on any atom is -0.493 e. The van der Waals surface area contributed by atoms with E-state index in [4.69, 9.17) is 16.2 Å². The Hall–Kier alpha value is -2.04. The number of ether oxygens (including phenoxy) is 1. The van der Waals surface area contributed by atoms with E-state index in [0.717, 1.165) is 29.1 Å². The van der Waals surface area contributed by atoms with Gasteiger partial charge in [-0.2, -0.15) is 0 Å². The van der Waals surface area contributed by atoms with Crippen molar-refractivity contribution in [1.29, 1.82) is 0 Å². The lowest BCUT2D eigenvalue weighted by atomic mass is 10.2. The maximum atomic E-state index is 5.65. The van der Waals surface area contributed by atoms with E-state index >= 15 is 0 Å². The van der Waals surface area contributed by atoms with Gasteiger partial charge in [-0.1, -0.05) is 18.2 Å². The fourth-order valence-electron chi connectivity index (χ4n) is 1.88. The Kier molecular flexibility index (Phi) is 5.41. The van der Waals surface area contributed by atoms with E-state index in [-0.39, 0.29) is 0 Å². The van der Waals surface area contributed by atoms with Crippen molar-refractivity contribution in [2.75, 3.05) is 18.5 Å². The highest BCUT2D eigenvalue weighted by molar-refractivity contribution is 5.61. The van der Waals surface area contributed by atoms with Gasteiger partial charge >= 0.3 is 0 Å². The minimum atomic E-state index is 0.539. The smallest absolute Gasteiger partial charge is 0.121 e. The molecule has 2 aromatic rings. The second kappa shape index (κ2) is 7.53. The Morgan fingerprint density at radius 2 is 1.70 bits per heavy atom. The van der Waals surface area contributed by atoms with Crippen LogP contribution >= 0.6 is 0 Å². The lowest BCUT2D eigenvalue weighted by Gasteiger charge is -2.10. The van der Waals surface area contributed by atoms with Crippen molar-refractivity contribution >= 4 is 11.4 Å². The molecule has 0 atom stereocenters.